The lowest BCUT2D eigenvalue weighted by Gasteiger charge is -2.21. The second-order valence-electron chi connectivity index (χ2n) is 5.15. The summed E-state index contributed by atoms with van der Waals surface area (Å²) in [6, 6.07) is 0. The third-order valence-electron chi connectivity index (χ3n) is 3.70. The maximum Gasteiger partial charge on any atom is 0.134 e. The van der Waals surface area contributed by atoms with Gasteiger partial charge >= 0.3 is 0 Å². The van der Waals surface area contributed by atoms with E-state index in [-0.39, 0.29) is 6.10 Å². The van der Waals surface area contributed by atoms with Crippen molar-refractivity contribution in [2.24, 2.45) is 5.92 Å². The van der Waals surface area contributed by atoms with Crippen LogP contribution in [0.4, 0.5) is 11.6 Å². The van der Waals surface area contributed by atoms with Gasteiger partial charge in [-0.3, -0.25) is 0 Å². The van der Waals surface area contributed by atoms with Gasteiger partial charge in [0, 0.05) is 18.7 Å². The van der Waals surface area contributed by atoms with Gasteiger partial charge in [0.1, 0.15) is 18.0 Å². The van der Waals surface area contributed by atoms with Crippen LogP contribution in [0, 0.1) is 12.8 Å². The molecule has 3 N–H and O–H groups in total. The van der Waals surface area contributed by atoms with Crippen LogP contribution in [0.1, 0.15) is 45.6 Å². The van der Waals surface area contributed by atoms with Crippen LogP contribution in [0.25, 0.3) is 0 Å². The Morgan fingerprint density at radius 1 is 1.10 bits per heavy atom. The van der Waals surface area contributed by atoms with Crippen LogP contribution in [-0.2, 0) is 0 Å². The normalized spacial score (nSPS) is 12.5. The van der Waals surface area contributed by atoms with Crippen molar-refractivity contribution in [1.29, 1.82) is 0 Å². The summed E-state index contributed by atoms with van der Waals surface area (Å²) < 4.78 is 0. The quantitative estimate of drug-likeness (QED) is 0.649. The largest absolute Gasteiger partial charge is 0.391 e. The van der Waals surface area contributed by atoms with Gasteiger partial charge in [-0.2, -0.15) is 0 Å². The Balaban J connectivity index is 2.63. The highest BCUT2D eigenvalue weighted by Gasteiger charge is 2.16. The molecule has 1 aromatic heterocycles. The minimum absolute atomic E-state index is 0.335. The maximum absolute atomic E-state index is 10.2. The minimum atomic E-state index is -0.341. The molecule has 5 nitrogen and oxygen atoms in total. The van der Waals surface area contributed by atoms with E-state index in [1.807, 2.05) is 6.92 Å². The van der Waals surface area contributed by atoms with Crippen molar-refractivity contribution in [1.82, 2.24) is 9.97 Å². The van der Waals surface area contributed by atoms with Crippen LogP contribution < -0.4 is 10.6 Å². The van der Waals surface area contributed by atoms with E-state index in [4.69, 9.17) is 0 Å². The Hall–Kier alpha value is -1.36. The summed E-state index contributed by atoms with van der Waals surface area (Å²) in [6.45, 7) is 9.75. The summed E-state index contributed by atoms with van der Waals surface area (Å²) in [6.07, 6.45) is 4.25. The number of rotatable bonds is 9. The zero-order chi connectivity index (χ0) is 15.0. The standard InChI is InChI=1S/C15H28N4O/c1-5-8-16-14-11(4)15(19-10-18-14)17-9-13(20)12(6-2)7-3/h10,12-13,20H,5-9H2,1-4H3,(H2,16,17,18,19). The number of nitrogens with one attached hydrogen (secondary N) is 2. The summed E-state index contributed by atoms with van der Waals surface area (Å²) in [7, 11) is 0. The van der Waals surface area contributed by atoms with Crippen LogP contribution in [0.2, 0.25) is 0 Å². The number of hydrogen-bond acceptors (Lipinski definition) is 5. The van der Waals surface area contributed by atoms with Crippen LogP contribution >= 0.6 is 0 Å². The molecule has 0 amide bonds. The highest BCUT2D eigenvalue weighted by Crippen LogP contribution is 2.19. The molecule has 1 aromatic rings. The van der Waals surface area contributed by atoms with Gasteiger partial charge in [-0.15, -0.1) is 0 Å². The molecule has 0 aliphatic rings. The third-order valence-corrected chi connectivity index (χ3v) is 3.70. The van der Waals surface area contributed by atoms with Gasteiger partial charge in [0.2, 0.25) is 0 Å². The van der Waals surface area contributed by atoms with Crippen molar-refractivity contribution >= 4 is 11.6 Å². The van der Waals surface area contributed by atoms with Crippen LogP contribution in [0.15, 0.2) is 6.33 Å². The fraction of sp³-hybridized carbons (Fsp3) is 0.733. The maximum atomic E-state index is 10.2. The molecule has 0 aromatic carbocycles. The SMILES string of the molecule is CCCNc1ncnc(NCC(O)C(CC)CC)c1C. The first-order valence-electron chi connectivity index (χ1n) is 7.61. The lowest BCUT2D eigenvalue weighted by molar-refractivity contribution is 0.114. The first-order valence-corrected chi connectivity index (χ1v) is 7.61. The molecule has 0 bridgehead atoms. The lowest BCUT2D eigenvalue weighted by Crippen LogP contribution is -2.28. The molecule has 1 unspecified atom stereocenters. The topological polar surface area (TPSA) is 70.1 Å². The van der Waals surface area contributed by atoms with Crippen LogP contribution in [0.3, 0.4) is 0 Å². The highest BCUT2D eigenvalue weighted by molar-refractivity contribution is 5.56. The van der Waals surface area contributed by atoms with Gasteiger partial charge in [-0.1, -0.05) is 33.6 Å². The molecule has 1 atom stereocenters. The predicted molar refractivity (Wildman–Crippen MR) is 84.1 cm³/mol. The monoisotopic (exact) mass is 280 g/mol. The van der Waals surface area contributed by atoms with Crippen molar-refractivity contribution in [3.05, 3.63) is 11.9 Å². The molecule has 1 heterocycles. The smallest absolute Gasteiger partial charge is 0.134 e. The zero-order valence-corrected chi connectivity index (χ0v) is 13.1. The number of aliphatic hydroxyl groups excluding tert-OH is 1. The Morgan fingerprint density at radius 3 is 2.25 bits per heavy atom. The first-order chi connectivity index (χ1) is 9.63. The van der Waals surface area contributed by atoms with E-state index in [0.717, 1.165) is 43.0 Å². The Bertz CT molecular complexity index is 393. The fourth-order valence-electron chi connectivity index (χ4n) is 2.25. The molecule has 0 spiro atoms. The van der Waals surface area contributed by atoms with Gasteiger partial charge in [0.25, 0.3) is 0 Å². The van der Waals surface area contributed by atoms with Crippen molar-refractivity contribution < 1.29 is 5.11 Å². The molecule has 0 fully saturated rings. The van der Waals surface area contributed by atoms with Crippen molar-refractivity contribution in [3.8, 4) is 0 Å². The predicted octanol–water partition coefficient (Wildman–Crippen LogP) is 2.82. The third kappa shape index (κ3) is 4.63. The van der Waals surface area contributed by atoms with Crippen LogP contribution in [0.5, 0.6) is 0 Å². The van der Waals surface area contributed by atoms with E-state index in [9.17, 15) is 5.11 Å². The summed E-state index contributed by atoms with van der Waals surface area (Å²) in [5.41, 5.74) is 0.998. The molecule has 0 aliphatic carbocycles. The summed E-state index contributed by atoms with van der Waals surface area (Å²) in [5, 5.41) is 16.7. The number of nitrogens with zero attached hydrogens (tertiary/aromatic N) is 2. The number of hydrogen-bond donors (Lipinski definition) is 3. The molecule has 114 valence electrons. The van der Waals surface area contributed by atoms with Crippen molar-refractivity contribution in [2.75, 3.05) is 23.7 Å². The molecule has 0 saturated heterocycles. The Morgan fingerprint density at radius 2 is 1.70 bits per heavy atom. The van der Waals surface area contributed by atoms with E-state index >= 15 is 0 Å². The van der Waals surface area contributed by atoms with E-state index in [2.05, 4.69) is 41.4 Å². The molecular formula is C15H28N4O. The molecule has 0 aliphatic heterocycles. The lowest BCUT2D eigenvalue weighted by atomic mass is 9.96. The number of aromatic nitrogens is 2. The number of anilines is 2. The molecule has 0 saturated carbocycles. The van der Waals surface area contributed by atoms with Gasteiger partial charge in [0.15, 0.2) is 0 Å². The van der Waals surface area contributed by atoms with Crippen LogP contribution in [-0.4, -0.2) is 34.3 Å². The van der Waals surface area contributed by atoms with E-state index in [1.165, 1.54) is 0 Å². The average molecular weight is 280 g/mol. The molecule has 5 heteroatoms. The average Bonchev–Trinajstić information content (AvgIpc) is 2.46. The number of aliphatic hydroxyl groups is 1. The van der Waals surface area contributed by atoms with Gasteiger partial charge in [-0.05, 0) is 19.3 Å². The zero-order valence-electron chi connectivity index (χ0n) is 13.1. The van der Waals surface area contributed by atoms with E-state index < -0.39 is 0 Å². The summed E-state index contributed by atoms with van der Waals surface area (Å²) in [5.74, 6) is 1.99. The second-order valence-corrected chi connectivity index (χ2v) is 5.15. The summed E-state index contributed by atoms with van der Waals surface area (Å²) in [4.78, 5) is 8.50. The van der Waals surface area contributed by atoms with E-state index in [0.29, 0.717) is 12.5 Å². The Labute approximate surface area is 122 Å². The summed E-state index contributed by atoms with van der Waals surface area (Å²) >= 11 is 0. The van der Waals surface area contributed by atoms with Crippen molar-refractivity contribution in [2.45, 2.75) is 53.1 Å². The van der Waals surface area contributed by atoms with Gasteiger partial charge in [0.05, 0.1) is 6.10 Å². The Kier molecular flexibility index (Phi) is 7.30. The molecule has 0 radical (unpaired) electrons. The second kappa shape index (κ2) is 8.74. The van der Waals surface area contributed by atoms with Crippen molar-refractivity contribution in [3.63, 3.8) is 0 Å². The highest BCUT2D eigenvalue weighted by atomic mass is 16.3. The van der Waals surface area contributed by atoms with Gasteiger partial charge in [-0.25, -0.2) is 9.97 Å². The molecule has 20 heavy (non-hydrogen) atoms. The van der Waals surface area contributed by atoms with E-state index in [1.54, 1.807) is 6.33 Å². The minimum Gasteiger partial charge on any atom is -0.391 e. The molecule has 1 rings (SSSR count). The first kappa shape index (κ1) is 16.7. The molecular weight excluding hydrogens is 252 g/mol. The fourth-order valence-corrected chi connectivity index (χ4v) is 2.25. The van der Waals surface area contributed by atoms with Gasteiger partial charge < -0.3 is 15.7 Å².